The quantitative estimate of drug-likeness (QED) is 0.778. The van der Waals surface area contributed by atoms with E-state index in [4.69, 9.17) is 23.2 Å². The second kappa shape index (κ2) is 7.21. The van der Waals surface area contributed by atoms with Gasteiger partial charge in [0.15, 0.2) is 0 Å². The fraction of sp³-hybridized carbons (Fsp3) is 0.250. The molecule has 1 unspecified atom stereocenters. The van der Waals surface area contributed by atoms with Crippen molar-refractivity contribution < 1.29 is 8.78 Å². The summed E-state index contributed by atoms with van der Waals surface area (Å²) in [6.45, 7) is 2.59. The average molecular weight is 330 g/mol. The first-order valence-corrected chi connectivity index (χ1v) is 7.42. The molecule has 112 valence electrons. The van der Waals surface area contributed by atoms with Crippen molar-refractivity contribution in [1.82, 2.24) is 5.32 Å². The van der Waals surface area contributed by atoms with Crippen LogP contribution in [0.1, 0.15) is 30.5 Å². The minimum atomic E-state index is -0.657. The van der Waals surface area contributed by atoms with Crippen LogP contribution in [0.3, 0.4) is 0 Å². The summed E-state index contributed by atoms with van der Waals surface area (Å²) in [5, 5.41) is 3.69. The maximum Gasteiger partial charge on any atom is 0.129 e. The van der Waals surface area contributed by atoms with Crippen LogP contribution >= 0.6 is 23.2 Å². The highest BCUT2D eigenvalue weighted by molar-refractivity contribution is 6.31. The number of benzene rings is 2. The normalized spacial score (nSPS) is 12.4. The van der Waals surface area contributed by atoms with Crippen molar-refractivity contribution in [2.24, 2.45) is 0 Å². The van der Waals surface area contributed by atoms with Gasteiger partial charge < -0.3 is 5.32 Å². The summed E-state index contributed by atoms with van der Waals surface area (Å²) < 4.78 is 28.3. The first kappa shape index (κ1) is 16.2. The second-order valence-electron chi connectivity index (χ2n) is 4.69. The highest BCUT2D eigenvalue weighted by Gasteiger charge is 2.23. The van der Waals surface area contributed by atoms with Gasteiger partial charge in [0.2, 0.25) is 0 Å². The van der Waals surface area contributed by atoms with Crippen molar-refractivity contribution in [2.45, 2.75) is 19.4 Å². The standard InChI is InChI=1S/C16H15Cl2F2N/c1-2-8-21-16(11-7-6-10(17)9-14(11)20)15-12(18)4-3-5-13(15)19/h3-7,9,16,21H,2,8H2,1H3. The van der Waals surface area contributed by atoms with Crippen LogP contribution in [-0.4, -0.2) is 6.54 Å². The molecule has 0 bridgehead atoms. The van der Waals surface area contributed by atoms with Crippen molar-refractivity contribution >= 4 is 23.2 Å². The summed E-state index contributed by atoms with van der Waals surface area (Å²) >= 11 is 11.9. The van der Waals surface area contributed by atoms with Gasteiger partial charge in [0.25, 0.3) is 0 Å². The first-order chi connectivity index (χ1) is 10.0. The number of hydrogen-bond donors (Lipinski definition) is 1. The zero-order valence-corrected chi connectivity index (χ0v) is 13.0. The van der Waals surface area contributed by atoms with Crippen LogP contribution in [0.15, 0.2) is 36.4 Å². The van der Waals surface area contributed by atoms with Crippen LogP contribution in [-0.2, 0) is 0 Å². The molecule has 0 radical (unpaired) electrons. The molecule has 0 aliphatic carbocycles. The minimum Gasteiger partial charge on any atom is -0.306 e. The molecular formula is C16H15Cl2F2N. The Hall–Kier alpha value is -1.16. The molecule has 0 aromatic heterocycles. The van der Waals surface area contributed by atoms with Gasteiger partial charge in [-0.15, -0.1) is 0 Å². The lowest BCUT2D eigenvalue weighted by molar-refractivity contribution is 0.520. The largest absolute Gasteiger partial charge is 0.306 e. The lowest BCUT2D eigenvalue weighted by Crippen LogP contribution is -2.25. The molecule has 1 N–H and O–H groups in total. The van der Waals surface area contributed by atoms with Gasteiger partial charge in [0.1, 0.15) is 11.6 Å². The summed E-state index contributed by atoms with van der Waals surface area (Å²) in [6, 6.07) is 8.12. The van der Waals surface area contributed by atoms with E-state index in [0.29, 0.717) is 17.1 Å². The van der Waals surface area contributed by atoms with Crippen LogP contribution < -0.4 is 5.32 Å². The predicted octanol–water partition coefficient (Wildman–Crippen LogP) is 5.36. The van der Waals surface area contributed by atoms with Gasteiger partial charge in [-0.2, -0.15) is 0 Å². The average Bonchev–Trinajstić information content (AvgIpc) is 2.43. The van der Waals surface area contributed by atoms with E-state index in [2.05, 4.69) is 5.32 Å². The van der Waals surface area contributed by atoms with Gasteiger partial charge in [-0.1, -0.05) is 42.3 Å². The molecular weight excluding hydrogens is 315 g/mol. The van der Waals surface area contributed by atoms with Gasteiger partial charge in [0.05, 0.1) is 6.04 Å². The molecule has 0 amide bonds. The van der Waals surface area contributed by atoms with Gasteiger partial charge in [-0.05, 0) is 37.2 Å². The van der Waals surface area contributed by atoms with E-state index in [0.717, 1.165) is 6.42 Å². The molecule has 0 aliphatic heterocycles. The van der Waals surface area contributed by atoms with Crippen LogP contribution in [0.2, 0.25) is 10.0 Å². The van der Waals surface area contributed by atoms with E-state index in [1.54, 1.807) is 18.2 Å². The fourth-order valence-corrected chi connectivity index (χ4v) is 2.61. The Kier molecular flexibility index (Phi) is 5.57. The Bertz CT molecular complexity index is 611. The Morgan fingerprint density at radius 1 is 1.10 bits per heavy atom. The van der Waals surface area contributed by atoms with Crippen LogP contribution in [0.4, 0.5) is 8.78 Å². The second-order valence-corrected chi connectivity index (χ2v) is 5.53. The molecule has 21 heavy (non-hydrogen) atoms. The number of hydrogen-bond acceptors (Lipinski definition) is 1. The van der Waals surface area contributed by atoms with E-state index in [1.165, 1.54) is 18.2 Å². The topological polar surface area (TPSA) is 12.0 Å². The lowest BCUT2D eigenvalue weighted by Gasteiger charge is -2.22. The third-order valence-corrected chi connectivity index (χ3v) is 3.73. The first-order valence-electron chi connectivity index (χ1n) is 6.66. The Morgan fingerprint density at radius 2 is 1.86 bits per heavy atom. The van der Waals surface area contributed by atoms with Crippen LogP contribution in [0.25, 0.3) is 0 Å². The predicted molar refractivity (Wildman–Crippen MR) is 83.0 cm³/mol. The maximum absolute atomic E-state index is 14.2. The van der Waals surface area contributed by atoms with E-state index in [1.807, 2.05) is 6.92 Å². The van der Waals surface area contributed by atoms with Crippen LogP contribution in [0, 0.1) is 11.6 Å². The van der Waals surface area contributed by atoms with Crippen molar-refractivity contribution in [1.29, 1.82) is 0 Å². The molecule has 1 atom stereocenters. The Labute approximate surface area is 132 Å². The van der Waals surface area contributed by atoms with E-state index in [9.17, 15) is 8.78 Å². The fourth-order valence-electron chi connectivity index (χ4n) is 2.18. The van der Waals surface area contributed by atoms with Gasteiger partial charge in [0, 0.05) is 21.2 Å². The molecule has 2 aromatic carbocycles. The summed E-state index contributed by atoms with van der Waals surface area (Å²) in [6.07, 6.45) is 0.831. The molecule has 0 aliphatic rings. The zero-order chi connectivity index (χ0) is 15.4. The summed E-state index contributed by atoms with van der Waals surface area (Å²) in [5.74, 6) is -0.958. The van der Waals surface area contributed by atoms with Crippen molar-refractivity contribution in [3.8, 4) is 0 Å². The molecule has 1 nitrogen and oxygen atoms in total. The molecule has 2 aromatic rings. The lowest BCUT2D eigenvalue weighted by atomic mass is 9.97. The molecule has 2 rings (SSSR count). The van der Waals surface area contributed by atoms with Crippen molar-refractivity contribution in [2.75, 3.05) is 6.54 Å². The van der Waals surface area contributed by atoms with Gasteiger partial charge in [-0.25, -0.2) is 8.78 Å². The highest BCUT2D eigenvalue weighted by atomic mass is 35.5. The number of nitrogens with one attached hydrogen (secondary N) is 1. The van der Waals surface area contributed by atoms with E-state index >= 15 is 0 Å². The van der Waals surface area contributed by atoms with Gasteiger partial charge in [-0.3, -0.25) is 0 Å². The SMILES string of the molecule is CCCNC(c1ccc(Cl)cc1F)c1c(F)cccc1Cl. The molecule has 0 saturated carbocycles. The smallest absolute Gasteiger partial charge is 0.129 e. The Balaban J connectivity index is 2.52. The van der Waals surface area contributed by atoms with Crippen molar-refractivity contribution in [3.63, 3.8) is 0 Å². The molecule has 5 heteroatoms. The summed E-state index contributed by atoms with van der Waals surface area (Å²) in [5.41, 5.74) is 0.564. The van der Waals surface area contributed by atoms with E-state index < -0.39 is 17.7 Å². The van der Waals surface area contributed by atoms with Crippen LogP contribution in [0.5, 0.6) is 0 Å². The molecule has 0 spiro atoms. The summed E-state index contributed by atoms with van der Waals surface area (Å²) in [4.78, 5) is 0. The Morgan fingerprint density at radius 3 is 2.48 bits per heavy atom. The number of rotatable bonds is 5. The van der Waals surface area contributed by atoms with Crippen molar-refractivity contribution in [3.05, 3.63) is 69.2 Å². The minimum absolute atomic E-state index is 0.244. The highest BCUT2D eigenvalue weighted by Crippen LogP contribution is 2.32. The monoisotopic (exact) mass is 329 g/mol. The summed E-state index contributed by atoms with van der Waals surface area (Å²) in [7, 11) is 0. The third-order valence-electron chi connectivity index (χ3n) is 3.16. The third kappa shape index (κ3) is 3.73. The molecule has 0 fully saturated rings. The maximum atomic E-state index is 14.2. The van der Waals surface area contributed by atoms with Gasteiger partial charge >= 0.3 is 0 Å². The zero-order valence-electron chi connectivity index (χ0n) is 11.5. The van der Waals surface area contributed by atoms with E-state index in [-0.39, 0.29) is 10.6 Å². The number of halogens is 4. The molecule has 0 saturated heterocycles. The molecule has 0 heterocycles.